The van der Waals surface area contributed by atoms with Crippen molar-refractivity contribution < 1.29 is 9.53 Å². The van der Waals surface area contributed by atoms with Gasteiger partial charge in [0.1, 0.15) is 22.6 Å². The van der Waals surface area contributed by atoms with Crippen molar-refractivity contribution in [2.45, 2.75) is 37.0 Å². The fourth-order valence-corrected chi connectivity index (χ4v) is 3.14. The molecule has 26 heavy (non-hydrogen) atoms. The lowest BCUT2D eigenvalue weighted by Crippen LogP contribution is -2.22. The van der Waals surface area contributed by atoms with Crippen molar-refractivity contribution >= 4 is 34.5 Å². The van der Waals surface area contributed by atoms with E-state index in [0.29, 0.717) is 17.3 Å². The second-order valence-corrected chi connectivity index (χ2v) is 7.09. The normalized spacial score (nSPS) is 12.1. The third kappa shape index (κ3) is 4.51. The molecule has 2 heterocycles. The number of hydrogen-bond acceptors (Lipinski definition) is 6. The number of anilines is 1. The van der Waals surface area contributed by atoms with Crippen molar-refractivity contribution in [3.8, 4) is 5.75 Å². The van der Waals surface area contributed by atoms with E-state index in [-0.39, 0.29) is 11.2 Å². The van der Waals surface area contributed by atoms with Gasteiger partial charge in [0.05, 0.1) is 18.2 Å². The number of H-pyrrole nitrogens is 1. The molecule has 0 radical (unpaired) electrons. The summed E-state index contributed by atoms with van der Waals surface area (Å²) in [6, 6.07) is 7.41. The molecular formula is C18H21N5O2S. The molecule has 8 heteroatoms. The second-order valence-electron chi connectivity index (χ2n) is 5.76. The number of rotatable bonds is 8. The first-order chi connectivity index (χ1) is 12.7. The summed E-state index contributed by atoms with van der Waals surface area (Å²) in [7, 11) is 0. The van der Waals surface area contributed by atoms with E-state index < -0.39 is 0 Å². The average Bonchev–Trinajstić information content (AvgIpc) is 3.13. The summed E-state index contributed by atoms with van der Waals surface area (Å²) in [6.45, 7) is 4.67. The van der Waals surface area contributed by atoms with Gasteiger partial charge in [-0.05, 0) is 37.6 Å². The van der Waals surface area contributed by atoms with Gasteiger partial charge >= 0.3 is 0 Å². The lowest BCUT2D eigenvalue weighted by Gasteiger charge is -2.12. The molecule has 0 aliphatic carbocycles. The lowest BCUT2D eigenvalue weighted by molar-refractivity contribution is -0.115. The van der Waals surface area contributed by atoms with E-state index in [4.69, 9.17) is 4.74 Å². The zero-order chi connectivity index (χ0) is 18.4. The van der Waals surface area contributed by atoms with E-state index in [0.717, 1.165) is 29.8 Å². The number of ether oxygens (including phenoxy) is 1. The van der Waals surface area contributed by atoms with Crippen LogP contribution in [0.5, 0.6) is 5.75 Å². The van der Waals surface area contributed by atoms with E-state index in [1.54, 1.807) is 6.33 Å². The Balaban J connectivity index is 1.58. The lowest BCUT2D eigenvalue weighted by atomic mass is 10.3. The van der Waals surface area contributed by atoms with Crippen LogP contribution in [-0.2, 0) is 4.79 Å². The number of hydrogen-bond donors (Lipinski definition) is 2. The molecular weight excluding hydrogens is 350 g/mol. The number of aromatic nitrogens is 4. The molecule has 0 fully saturated rings. The molecule has 1 aromatic carbocycles. The largest absolute Gasteiger partial charge is 0.494 e. The fourth-order valence-electron chi connectivity index (χ4n) is 2.27. The standard InChI is InChI=1S/C18H21N5O2S/c1-3-4-9-25-14-7-5-13(6-8-14)23-17(24)12(2)26-18-15-16(20-10-19-15)21-11-22-18/h5-8,10-12H,3-4,9H2,1-2H3,(H,23,24)(H,19,20,21,22)/t12-/m1/s1. The summed E-state index contributed by atoms with van der Waals surface area (Å²) in [5.41, 5.74) is 2.07. The minimum atomic E-state index is -0.322. The summed E-state index contributed by atoms with van der Waals surface area (Å²) in [5.74, 6) is 0.711. The highest BCUT2D eigenvalue weighted by molar-refractivity contribution is 8.00. The van der Waals surface area contributed by atoms with Crippen LogP contribution in [-0.4, -0.2) is 37.7 Å². The fraction of sp³-hybridized carbons (Fsp3) is 0.333. The summed E-state index contributed by atoms with van der Waals surface area (Å²) < 4.78 is 5.63. The third-order valence-corrected chi connectivity index (χ3v) is 4.83. The monoisotopic (exact) mass is 371 g/mol. The third-order valence-electron chi connectivity index (χ3n) is 3.73. The zero-order valence-electron chi connectivity index (χ0n) is 14.7. The first kappa shape index (κ1) is 18.2. The van der Waals surface area contributed by atoms with Crippen LogP contribution in [0, 0.1) is 0 Å². The van der Waals surface area contributed by atoms with Crippen LogP contribution in [0.3, 0.4) is 0 Å². The van der Waals surface area contributed by atoms with Gasteiger partial charge in [-0.25, -0.2) is 15.0 Å². The van der Waals surface area contributed by atoms with Gasteiger partial charge in [-0.3, -0.25) is 4.79 Å². The number of carbonyl (C=O) groups excluding carboxylic acids is 1. The molecule has 2 aromatic heterocycles. The molecule has 0 spiro atoms. The number of benzene rings is 1. The van der Waals surface area contributed by atoms with E-state index in [2.05, 4.69) is 32.2 Å². The van der Waals surface area contributed by atoms with Crippen LogP contribution in [0.4, 0.5) is 5.69 Å². The van der Waals surface area contributed by atoms with Gasteiger partial charge in [0.15, 0.2) is 5.65 Å². The number of thioether (sulfide) groups is 1. The predicted octanol–water partition coefficient (Wildman–Crippen LogP) is 3.65. The molecule has 7 nitrogen and oxygen atoms in total. The van der Waals surface area contributed by atoms with Gasteiger partial charge in [-0.1, -0.05) is 25.1 Å². The molecule has 2 N–H and O–H groups in total. The number of carbonyl (C=O) groups is 1. The molecule has 0 saturated carbocycles. The van der Waals surface area contributed by atoms with Gasteiger partial charge in [-0.15, -0.1) is 0 Å². The Morgan fingerprint density at radius 1 is 1.27 bits per heavy atom. The molecule has 0 aliphatic heterocycles. The van der Waals surface area contributed by atoms with Crippen LogP contribution >= 0.6 is 11.8 Å². The van der Waals surface area contributed by atoms with Crippen molar-refractivity contribution in [1.29, 1.82) is 0 Å². The Labute approximate surface area is 156 Å². The molecule has 0 bridgehead atoms. The van der Waals surface area contributed by atoms with E-state index in [1.165, 1.54) is 18.1 Å². The molecule has 1 amide bonds. The molecule has 136 valence electrons. The Kier molecular flexibility index (Phi) is 6.06. The first-order valence-corrected chi connectivity index (χ1v) is 9.39. The summed E-state index contributed by atoms with van der Waals surface area (Å²) in [4.78, 5) is 27.9. The molecule has 3 rings (SSSR count). The highest BCUT2D eigenvalue weighted by Gasteiger charge is 2.18. The number of fused-ring (bicyclic) bond motifs is 1. The number of nitrogens with one attached hydrogen (secondary N) is 2. The summed E-state index contributed by atoms with van der Waals surface area (Å²) in [5, 5.41) is 3.29. The van der Waals surface area contributed by atoms with Crippen molar-refractivity contribution in [2.24, 2.45) is 0 Å². The molecule has 0 unspecified atom stereocenters. The van der Waals surface area contributed by atoms with Gasteiger partial charge < -0.3 is 15.0 Å². The van der Waals surface area contributed by atoms with Crippen molar-refractivity contribution in [1.82, 2.24) is 19.9 Å². The molecule has 3 aromatic rings. The Morgan fingerprint density at radius 3 is 2.85 bits per heavy atom. The van der Waals surface area contributed by atoms with Gasteiger partial charge in [0, 0.05) is 5.69 Å². The van der Waals surface area contributed by atoms with Crippen LogP contribution in [0.15, 0.2) is 41.9 Å². The average molecular weight is 371 g/mol. The van der Waals surface area contributed by atoms with Gasteiger partial charge in [0.25, 0.3) is 0 Å². The molecule has 1 atom stereocenters. The second kappa shape index (κ2) is 8.66. The quantitative estimate of drug-likeness (QED) is 0.357. The topological polar surface area (TPSA) is 92.8 Å². The number of imidazole rings is 1. The van der Waals surface area contributed by atoms with Crippen LogP contribution in [0.2, 0.25) is 0 Å². The van der Waals surface area contributed by atoms with E-state index in [9.17, 15) is 4.79 Å². The molecule has 0 aliphatic rings. The zero-order valence-corrected chi connectivity index (χ0v) is 15.5. The Hall–Kier alpha value is -2.61. The van der Waals surface area contributed by atoms with Crippen molar-refractivity contribution in [2.75, 3.05) is 11.9 Å². The van der Waals surface area contributed by atoms with Crippen molar-refractivity contribution in [3.63, 3.8) is 0 Å². The van der Waals surface area contributed by atoms with Gasteiger partial charge in [0.2, 0.25) is 5.91 Å². The maximum Gasteiger partial charge on any atom is 0.237 e. The summed E-state index contributed by atoms with van der Waals surface area (Å²) >= 11 is 1.36. The smallest absolute Gasteiger partial charge is 0.237 e. The number of nitrogens with zero attached hydrogens (tertiary/aromatic N) is 3. The number of aromatic amines is 1. The van der Waals surface area contributed by atoms with Crippen LogP contribution < -0.4 is 10.1 Å². The Bertz CT molecular complexity index is 865. The minimum absolute atomic E-state index is 0.0964. The maximum atomic E-state index is 12.5. The van der Waals surface area contributed by atoms with Crippen molar-refractivity contribution in [3.05, 3.63) is 36.9 Å². The molecule has 0 saturated heterocycles. The number of unbranched alkanes of at least 4 members (excludes halogenated alkanes) is 1. The number of amides is 1. The minimum Gasteiger partial charge on any atom is -0.494 e. The SMILES string of the molecule is CCCCOc1ccc(NC(=O)[C@@H](C)Sc2ncnc3nc[nH]c23)cc1. The van der Waals surface area contributed by atoms with E-state index in [1.807, 2.05) is 31.2 Å². The predicted molar refractivity (Wildman–Crippen MR) is 102 cm³/mol. The van der Waals surface area contributed by atoms with Gasteiger partial charge in [-0.2, -0.15) is 0 Å². The highest BCUT2D eigenvalue weighted by atomic mass is 32.2. The Morgan fingerprint density at radius 2 is 2.08 bits per heavy atom. The highest BCUT2D eigenvalue weighted by Crippen LogP contribution is 2.27. The first-order valence-electron chi connectivity index (χ1n) is 8.52. The maximum absolute atomic E-state index is 12.5. The summed E-state index contributed by atoms with van der Waals surface area (Å²) in [6.07, 6.45) is 5.15. The van der Waals surface area contributed by atoms with E-state index >= 15 is 0 Å². The van der Waals surface area contributed by atoms with Crippen LogP contribution in [0.25, 0.3) is 11.2 Å². The van der Waals surface area contributed by atoms with Crippen LogP contribution in [0.1, 0.15) is 26.7 Å².